The summed E-state index contributed by atoms with van der Waals surface area (Å²) in [6.07, 6.45) is 0. The van der Waals surface area contributed by atoms with E-state index >= 15 is 0 Å². The molecule has 0 saturated carbocycles. The van der Waals surface area contributed by atoms with E-state index in [1.165, 1.54) is 18.2 Å². The Morgan fingerprint density at radius 1 is 0.767 bits per heavy atom. The minimum absolute atomic E-state index is 0. The van der Waals surface area contributed by atoms with Gasteiger partial charge in [0.05, 0.1) is 16.3 Å². The molecule has 0 heterocycles. The van der Waals surface area contributed by atoms with Crippen LogP contribution in [0.4, 0.5) is 17.1 Å². The molecule has 0 aliphatic heterocycles. The van der Waals surface area contributed by atoms with Crippen LogP contribution in [-0.2, 0) is 20.2 Å². The maximum Gasteiger partial charge on any atom is 0.295 e. The summed E-state index contributed by atoms with van der Waals surface area (Å²) in [6, 6.07) is 13.1. The summed E-state index contributed by atoms with van der Waals surface area (Å²) in [4.78, 5) is -1.30. The first-order valence-corrected chi connectivity index (χ1v) is 10.7. The summed E-state index contributed by atoms with van der Waals surface area (Å²) in [5.41, 5.74) is 1.79. The molecule has 13 heteroatoms. The van der Waals surface area contributed by atoms with Crippen molar-refractivity contribution in [2.75, 3.05) is 12.4 Å². The maximum absolute atomic E-state index is 11.6. The van der Waals surface area contributed by atoms with Crippen molar-refractivity contribution in [3.63, 3.8) is 0 Å². The quantitative estimate of drug-likeness (QED) is 0.297. The second-order valence-electron chi connectivity index (χ2n) is 5.77. The molecule has 0 fully saturated rings. The predicted octanol–water partition coefficient (Wildman–Crippen LogP) is 3.03. The first-order valence-electron chi connectivity index (χ1n) is 7.80. The number of fused-ring (bicyclic) bond motifs is 1. The first kappa shape index (κ1) is 27.2. The Labute approximate surface area is 218 Å². The molecule has 0 aromatic heterocycles. The molecular formula is C17H15N3Na2O6S2. The van der Waals surface area contributed by atoms with Crippen molar-refractivity contribution in [1.29, 1.82) is 0 Å². The van der Waals surface area contributed by atoms with Crippen molar-refractivity contribution < 1.29 is 25.9 Å². The molecule has 0 spiro atoms. The van der Waals surface area contributed by atoms with Gasteiger partial charge in [-0.25, -0.2) is 0 Å². The van der Waals surface area contributed by atoms with E-state index in [-0.39, 0.29) is 69.9 Å². The van der Waals surface area contributed by atoms with Gasteiger partial charge in [0.1, 0.15) is 4.90 Å². The van der Waals surface area contributed by atoms with E-state index in [0.717, 1.165) is 11.8 Å². The topological polar surface area (TPSA) is 145 Å². The first-order chi connectivity index (χ1) is 13.1. The molecule has 3 rings (SSSR count). The number of anilines is 1. The number of benzene rings is 3. The second kappa shape index (κ2) is 10.6. The van der Waals surface area contributed by atoms with Gasteiger partial charge in [-0.2, -0.15) is 27.1 Å². The Kier molecular flexibility index (Phi) is 9.64. The van der Waals surface area contributed by atoms with Gasteiger partial charge in [-0.1, -0.05) is 6.07 Å². The van der Waals surface area contributed by atoms with Crippen LogP contribution in [0.2, 0.25) is 0 Å². The molecule has 0 atom stereocenters. The molecule has 0 aliphatic rings. The smallest absolute Gasteiger partial charge is 0.295 e. The molecule has 2 radical (unpaired) electrons. The van der Waals surface area contributed by atoms with Crippen LogP contribution in [0.25, 0.3) is 10.8 Å². The van der Waals surface area contributed by atoms with E-state index < -0.39 is 30.0 Å². The van der Waals surface area contributed by atoms with Gasteiger partial charge < -0.3 is 5.32 Å². The van der Waals surface area contributed by atoms with Crippen LogP contribution in [0.3, 0.4) is 0 Å². The van der Waals surface area contributed by atoms with E-state index in [9.17, 15) is 25.9 Å². The predicted molar refractivity (Wildman–Crippen MR) is 115 cm³/mol. The van der Waals surface area contributed by atoms with Crippen LogP contribution >= 0.6 is 0 Å². The summed E-state index contributed by atoms with van der Waals surface area (Å²) < 4.78 is 64.7. The van der Waals surface area contributed by atoms with Crippen molar-refractivity contribution in [3.8, 4) is 0 Å². The zero-order chi connectivity index (χ0) is 20.5. The van der Waals surface area contributed by atoms with Crippen LogP contribution in [0.1, 0.15) is 0 Å². The second-order valence-corrected chi connectivity index (χ2v) is 8.59. The third-order valence-electron chi connectivity index (χ3n) is 3.88. The van der Waals surface area contributed by atoms with Crippen molar-refractivity contribution >= 4 is 107 Å². The van der Waals surface area contributed by atoms with Gasteiger partial charge in [-0.15, -0.1) is 0 Å². The van der Waals surface area contributed by atoms with Gasteiger partial charge >= 0.3 is 0 Å². The monoisotopic (exact) mass is 467 g/mol. The van der Waals surface area contributed by atoms with E-state index in [1.54, 1.807) is 19.2 Å². The molecule has 0 amide bonds. The summed E-state index contributed by atoms with van der Waals surface area (Å²) in [5, 5.41) is 11.3. The largest absolute Gasteiger partial charge is 0.388 e. The Balaban J connectivity index is 0.00000225. The fourth-order valence-electron chi connectivity index (χ4n) is 2.53. The molecule has 3 N–H and O–H groups in total. The normalized spacial score (nSPS) is 11.7. The fraction of sp³-hybridized carbons (Fsp3) is 0.0588. The number of rotatable bonds is 5. The summed E-state index contributed by atoms with van der Waals surface area (Å²) in [6.45, 7) is 0. The Bertz CT molecular complexity index is 1300. The zero-order valence-electron chi connectivity index (χ0n) is 16.4. The van der Waals surface area contributed by atoms with Crippen LogP contribution in [0.5, 0.6) is 0 Å². The standard InChI is InChI=1S/C17H15N3O6S2.2Na/c1-18-12-2-4-13(5-3-12)19-20-14-6-7-16-11(8-14)9-15(27(21,22)23)10-17(16)28(24,25)26;;/h2-10,18H,1H3,(H,21,22,23)(H,24,25,26);;. The average molecular weight is 467 g/mol. The molecule has 0 bridgehead atoms. The minimum atomic E-state index is -4.72. The van der Waals surface area contributed by atoms with Crippen LogP contribution < -0.4 is 5.32 Å². The minimum Gasteiger partial charge on any atom is -0.388 e. The Hall–Kier alpha value is -0.860. The van der Waals surface area contributed by atoms with E-state index in [0.29, 0.717) is 17.4 Å². The maximum atomic E-state index is 11.6. The number of hydrogen-bond acceptors (Lipinski definition) is 7. The molecule has 3 aromatic rings. The Morgan fingerprint density at radius 2 is 1.33 bits per heavy atom. The molecule has 3 aromatic carbocycles. The summed E-state index contributed by atoms with van der Waals surface area (Å²) in [5.74, 6) is 0. The molecular weight excluding hydrogens is 452 g/mol. The van der Waals surface area contributed by atoms with Crippen LogP contribution in [0.15, 0.2) is 74.6 Å². The van der Waals surface area contributed by atoms with Gasteiger partial charge in [0.2, 0.25) is 0 Å². The average Bonchev–Trinajstić information content (AvgIpc) is 2.64. The van der Waals surface area contributed by atoms with Gasteiger partial charge in [0.15, 0.2) is 0 Å². The molecule has 9 nitrogen and oxygen atoms in total. The van der Waals surface area contributed by atoms with E-state index in [1.807, 2.05) is 12.1 Å². The zero-order valence-corrected chi connectivity index (χ0v) is 22.1. The van der Waals surface area contributed by atoms with Crippen molar-refractivity contribution in [2.24, 2.45) is 10.2 Å². The number of hydrogen-bond donors (Lipinski definition) is 3. The SMILES string of the molecule is CNc1ccc(N=Nc2ccc3c(S(=O)(=O)O)cc(S(=O)(=O)O)cc3c2)cc1.[Na].[Na]. The van der Waals surface area contributed by atoms with Crippen LogP contribution in [0, 0.1) is 0 Å². The summed E-state index contributed by atoms with van der Waals surface area (Å²) in [7, 11) is -7.62. The third kappa shape index (κ3) is 6.57. The summed E-state index contributed by atoms with van der Waals surface area (Å²) >= 11 is 0. The van der Waals surface area contributed by atoms with Crippen molar-refractivity contribution in [3.05, 3.63) is 54.6 Å². The molecule has 0 aliphatic carbocycles. The van der Waals surface area contributed by atoms with E-state index in [2.05, 4.69) is 15.5 Å². The van der Waals surface area contributed by atoms with Crippen molar-refractivity contribution in [1.82, 2.24) is 0 Å². The molecule has 0 saturated heterocycles. The van der Waals surface area contributed by atoms with Gasteiger partial charge in [0, 0.05) is 77.2 Å². The fourth-order valence-corrected chi connectivity index (χ4v) is 3.89. The number of nitrogens with zero attached hydrogens (tertiary/aromatic N) is 2. The van der Waals surface area contributed by atoms with Crippen molar-refractivity contribution in [2.45, 2.75) is 9.79 Å². The van der Waals surface area contributed by atoms with Gasteiger partial charge in [-0.3, -0.25) is 9.11 Å². The van der Waals surface area contributed by atoms with Crippen LogP contribution in [-0.4, -0.2) is 92.1 Å². The number of azo groups is 1. The molecule has 30 heavy (non-hydrogen) atoms. The molecule has 0 unspecified atom stereocenters. The third-order valence-corrected chi connectivity index (χ3v) is 5.61. The van der Waals surface area contributed by atoms with E-state index in [4.69, 9.17) is 0 Å². The number of nitrogens with one attached hydrogen (secondary N) is 1. The van der Waals surface area contributed by atoms with Gasteiger partial charge in [-0.05, 0) is 53.9 Å². The van der Waals surface area contributed by atoms with Gasteiger partial charge in [0.25, 0.3) is 20.2 Å². The Morgan fingerprint density at radius 3 is 1.87 bits per heavy atom. The molecule has 148 valence electrons.